The molecule has 0 amide bonds. The molecular weight excluding hydrogens is 246 g/mol. The number of rotatable bonds is 2. The van der Waals surface area contributed by atoms with Crippen molar-refractivity contribution in [1.82, 2.24) is 10.3 Å². The van der Waals surface area contributed by atoms with E-state index in [4.69, 9.17) is 0 Å². The van der Waals surface area contributed by atoms with Gasteiger partial charge in [-0.2, -0.15) is 0 Å². The minimum Gasteiger partial charge on any atom is -0.380 e. The van der Waals surface area contributed by atoms with Gasteiger partial charge < -0.3 is 10.6 Å². The van der Waals surface area contributed by atoms with Gasteiger partial charge in [0, 0.05) is 29.9 Å². The third-order valence-electron chi connectivity index (χ3n) is 3.28. The van der Waals surface area contributed by atoms with E-state index < -0.39 is 0 Å². The molecule has 3 nitrogen and oxygen atoms in total. The van der Waals surface area contributed by atoms with E-state index in [1.165, 1.54) is 23.1 Å². The molecule has 2 aromatic rings. The molecule has 1 atom stereocenters. The van der Waals surface area contributed by atoms with Crippen LogP contribution < -0.4 is 10.6 Å². The first-order chi connectivity index (χ1) is 8.33. The van der Waals surface area contributed by atoms with Crippen LogP contribution in [0.25, 0.3) is 10.9 Å². The predicted molar refractivity (Wildman–Crippen MR) is 78.6 cm³/mol. The molecule has 3 rings (SSSR count). The van der Waals surface area contributed by atoms with Gasteiger partial charge in [0.05, 0.1) is 5.52 Å². The number of halogens is 1. The average molecular weight is 264 g/mol. The van der Waals surface area contributed by atoms with Crippen molar-refractivity contribution in [2.45, 2.75) is 19.4 Å². The molecule has 4 heteroatoms. The fraction of sp³-hybridized carbons (Fsp3) is 0.357. The molecule has 1 aromatic heterocycles. The summed E-state index contributed by atoms with van der Waals surface area (Å²) >= 11 is 0. The summed E-state index contributed by atoms with van der Waals surface area (Å²) < 4.78 is 0. The normalized spacial score (nSPS) is 18.6. The van der Waals surface area contributed by atoms with Crippen molar-refractivity contribution >= 4 is 29.0 Å². The Morgan fingerprint density at radius 1 is 1.39 bits per heavy atom. The molecule has 0 radical (unpaired) electrons. The number of nitrogens with zero attached hydrogens (tertiary/aromatic N) is 1. The van der Waals surface area contributed by atoms with Crippen molar-refractivity contribution in [3.63, 3.8) is 0 Å². The largest absolute Gasteiger partial charge is 0.380 e. The summed E-state index contributed by atoms with van der Waals surface area (Å²) in [5.74, 6) is 0. The lowest BCUT2D eigenvalue weighted by atomic mass is 10.1. The van der Waals surface area contributed by atoms with E-state index in [1.54, 1.807) is 0 Å². The van der Waals surface area contributed by atoms with Gasteiger partial charge in [0.1, 0.15) is 0 Å². The fourth-order valence-electron chi connectivity index (χ4n) is 2.38. The Morgan fingerprint density at radius 2 is 2.28 bits per heavy atom. The minimum absolute atomic E-state index is 0. The van der Waals surface area contributed by atoms with Gasteiger partial charge in [-0.05, 0) is 43.7 Å². The Morgan fingerprint density at radius 3 is 3.06 bits per heavy atom. The average Bonchev–Trinajstić information content (AvgIpc) is 2.83. The zero-order valence-corrected chi connectivity index (χ0v) is 11.3. The Labute approximate surface area is 113 Å². The molecule has 1 aliphatic heterocycles. The van der Waals surface area contributed by atoms with Crippen molar-refractivity contribution in [2.75, 3.05) is 18.4 Å². The summed E-state index contributed by atoms with van der Waals surface area (Å²) in [4.78, 5) is 4.46. The van der Waals surface area contributed by atoms with Crippen LogP contribution in [0.1, 0.15) is 12.0 Å². The first kappa shape index (κ1) is 13.1. The molecule has 1 saturated heterocycles. The molecule has 1 aliphatic rings. The van der Waals surface area contributed by atoms with Crippen LogP contribution in [-0.4, -0.2) is 24.1 Å². The van der Waals surface area contributed by atoms with Gasteiger partial charge in [0.2, 0.25) is 0 Å². The molecule has 0 bridgehead atoms. The molecule has 0 spiro atoms. The Balaban J connectivity index is 0.00000120. The van der Waals surface area contributed by atoms with E-state index in [0.29, 0.717) is 6.04 Å². The number of hydrogen-bond acceptors (Lipinski definition) is 3. The Kier molecular flexibility index (Phi) is 4.04. The minimum atomic E-state index is 0. The zero-order chi connectivity index (χ0) is 11.7. The molecule has 18 heavy (non-hydrogen) atoms. The molecule has 0 aliphatic carbocycles. The summed E-state index contributed by atoms with van der Waals surface area (Å²) in [5, 5.41) is 8.20. The quantitative estimate of drug-likeness (QED) is 0.875. The topological polar surface area (TPSA) is 37.0 Å². The van der Waals surface area contributed by atoms with Gasteiger partial charge in [-0.15, -0.1) is 12.4 Å². The predicted octanol–water partition coefficient (Wildman–Crippen LogP) is 2.74. The van der Waals surface area contributed by atoms with Crippen LogP contribution in [0.5, 0.6) is 0 Å². The molecule has 1 aromatic carbocycles. The number of nitrogens with one attached hydrogen (secondary N) is 2. The number of fused-ring (bicyclic) bond motifs is 1. The number of hydrogen-bond donors (Lipinski definition) is 2. The van der Waals surface area contributed by atoms with Crippen molar-refractivity contribution in [3.05, 3.63) is 36.0 Å². The lowest BCUT2D eigenvalue weighted by Crippen LogP contribution is -2.22. The first-order valence-corrected chi connectivity index (χ1v) is 6.15. The van der Waals surface area contributed by atoms with Crippen LogP contribution in [0.3, 0.4) is 0 Å². The highest BCUT2D eigenvalue weighted by Gasteiger charge is 2.14. The van der Waals surface area contributed by atoms with Crippen LogP contribution in [-0.2, 0) is 0 Å². The fourth-order valence-corrected chi connectivity index (χ4v) is 2.38. The van der Waals surface area contributed by atoms with Crippen molar-refractivity contribution < 1.29 is 0 Å². The van der Waals surface area contributed by atoms with E-state index in [2.05, 4.69) is 46.8 Å². The van der Waals surface area contributed by atoms with Gasteiger partial charge >= 0.3 is 0 Å². The second-order valence-corrected chi connectivity index (χ2v) is 4.72. The van der Waals surface area contributed by atoms with E-state index >= 15 is 0 Å². The monoisotopic (exact) mass is 263 g/mol. The summed E-state index contributed by atoms with van der Waals surface area (Å²) in [7, 11) is 0. The molecule has 2 heterocycles. The summed E-state index contributed by atoms with van der Waals surface area (Å²) in [5.41, 5.74) is 3.47. The van der Waals surface area contributed by atoms with Crippen LogP contribution in [0.15, 0.2) is 30.5 Å². The van der Waals surface area contributed by atoms with E-state index in [-0.39, 0.29) is 12.4 Å². The number of aryl methyl sites for hydroxylation is 1. The Hall–Kier alpha value is -1.32. The van der Waals surface area contributed by atoms with Gasteiger partial charge in [0.25, 0.3) is 0 Å². The number of anilines is 1. The third-order valence-corrected chi connectivity index (χ3v) is 3.28. The number of benzene rings is 1. The molecule has 0 saturated carbocycles. The summed E-state index contributed by atoms with van der Waals surface area (Å²) in [6.45, 7) is 4.25. The van der Waals surface area contributed by atoms with Crippen molar-refractivity contribution in [2.24, 2.45) is 0 Å². The maximum atomic E-state index is 4.46. The van der Waals surface area contributed by atoms with E-state index in [1.807, 2.05) is 6.20 Å². The SMILES string of the molecule is Cc1cnc2cccc(NC3CCNC3)c2c1.Cl. The highest BCUT2D eigenvalue weighted by atomic mass is 35.5. The smallest absolute Gasteiger partial charge is 0.0722 e. The molecule has 2 N–H and O–H groups in total. The van der Waals surface area contributed by atoms with E-state index in [0.717, 1.165) is 18.6 Å². The van der Waals surface area contributed by atoms with Gasteiger partial charge in [-0.1, -0.05) is 6.07 Å². The van der Waals surface area contributed by atoms with Gasteiger partial charge in [-0.25, -0.2) is 0 Å². The first-order valence-electron chi connectivity index (χ1n) is 6.15. The highest BCUT2D eigenvalue weighted by Crippen LogP contribution is 2.24. The molecular formula is C14H18ClN3. The Bertz CT molecular complexity index is 536. The van der Waals surface area contributed by atoms with Crippen LogP contribution >= 0.6 is 12.4 Å². The van der Waals surface area contributed by atoms with Crippen molar-refractivity contribution in [1.29, 1.82) is 0 Å². The summed E-state index contributed by atoms with van der Waals surface area (Å²) in [6.07, 6.45) is 3.11. The van der Waals surface area contributed by atoms with Crippen molar-refractivity contribution in [3.8, 4) is 0 Å². The second kappa shape index (κ2) is 5.55. The second-order valence-electron chi connectivity index (χ2n) is 4.72. The van der Waals surface area contributed by atoms with Crippen LogP contribution in [0, 0.1) is 6.92 Å². The van der Waals surface area contributed by atoms with E-state index in [9.17, 15) is 0 Å². The van der Waals surface area contributed by atoms with Gasteiger partial charge in [0.15, 0.2) is 0 Å². The third kappa shape index (κ3) is 2.57. The summed E-state index contributed by atoms with van der Waals surface area (Å²) in [6, 6.07) is 9.01. The maximum absolute atomic E-state index is 4.46. The van der Waals surface area contributed by atoms with Gasteiger partial charge in [-0.3, -0.25) is 4.98 Å². The number of aromatic nitrogens is 1. The zero-order valence-electron chi connectivity index (χ0n) is 10.4. The lowest BCUT2D eigenvalue weighted by molar-refractivity contribution is 0.794. The number of pyridine rings is 1. The molecule has 96 valence electrons. The van der Waals surface area contributed by atoms with Crippen LogP contribution in [0.4, 0.5) is 5.69 Å². The molecule has 1 unspecified atom stereocenters. The maximum Gasteiger partial charge on any atom is 0.0722 e. The highest BCUT2D eigenvalue weighted by molar-refractivity contribution is 5.91. The molecule has 1 fully saturated rings. The standard InChI is InChI=1S/C14H17N3.ClH/c1-10-7-12-13(16-8-10)3-2-4-14(12)17-11-5-6-15-9-11;/h2-4,7-8,11,15,17H,5-6,9H2,1H3;1H. The lowest BCUT2D eigenvalue weighted by Gasteiger charge is -2.15. The van der Waals surface area contributed by atoms with Crippen LogP contribution in [0.2, 0.25) is 0 Å².